The van der Waals surface area contributed by atoms with Gasteiger partial charge >= 0.3 is 6.36 Å². The molecule has 34 heavy (non-hydrogen) atoms. The monoisotopic (exact) mass is 471 g/mol. The van der Waals surface area contributed by atoms with Crippen LogP contribution in [0.3, 0.4) is 0 Å². The number of hydrogen-bond acceptors (Lipinski definition) is 5. The van der Waals surface area contributed by atoms with E-state index in [2.05, 4.69) is 19.9 Å². The Kier molecular flexibility index (Phi) is 6.74. The van der Waals surface area contributed by atoms with Crippen LogP contribution in [0.4, 0.5) is 24.7 Å². The van der Waals surface area contributed by atoms with Crippen LogP contribution < -0.4 is 15.0 Å². The fourth-order valence-corrected chi connectivity index (χ4v) is 3.98. The van der Waals surface area contributed by atoms with Crippen molar-refractivity contribution in [3.63, 3.8) is 0 Å². The third kappa shape index (κ3) is 5.48. The number of nitrogens with zero attached hydrogens (tertiary/aromatic N) is 2. The molecule has 1 fully saturated rings. The van der Waals surface area contributed by atoms with Crippen molar-refractivity contribution in [1.29, 1.82) is 0 Å². The normalized spacial score (nSPS) is 16.3. The maximum absolute atomic E-state index is 13.1. The van der Waals surface area contributed by atoms with Gasteiger partial charge < -0.3 is 19.7 Å². The first-order valence-corrected chi connectivity index (χ1v) is 10.8. The lowest BCUT2D eigenvalue weighted by molar-refractivity contribution is -0.274. The van der Waals surface area contributed by atoms with Crippen molar-refractivity contribution >= 4 is 17.4 Å². The number of benzene rings is 2. The second-order valence-electron chi connectivity index (χ2n) is 8.01. The number of hydrogen-bond donors (Lipinski definition) is 1. The van der Waals surface area contributed by atoms with E-state index in [0.29, 0.717) is 36.5 Å². The van der Waals surface area contributed by atoms with Gasteiger partial charge in [0.1, 0.15) is 11.6 Å². The van der Waals surface area contributed by atoms with Crippen molar-refractivity contribution in [2.24, 2.45) is 0 Å². The first-order valence-electron chi connectivity index (χ1n) is 10.8. The number of halogens is 3. The van der Waals surface area contributed by atoms with Crippen LogP contribution in [0.2, 0.25) is 0 Å². The van der Waals surface area contributed by atoms with Gasteiger partial charge in [0.05, 0.1) is 30.2 Å². The Hall–Kier alpha value is -3.59. The SMILES string of the molecule is Cc1c(-c2ccccc2)ccc(OC(F)(F)F)c1C(=O)Nc1ccc(N2CCOC(C)C2)nc1. The summed E-state index contributed by atoms with van der Waals surface area (Å²) >= 11 is 0. The first kappa shape index (κ1) is 23.6. The van der Waals surface area contributed by atoms with Crippen LogP contribution in [0.1, 0.15) is 22.8 Å². The summed E-state index contributed by atoms with van der Waals surface area (Å²) in [5.74, 6) is -0.547. The molecule has 2 heterocycles. The predicted octanol–water partition coefficient (Wildman–Crippen LogP) is 5.43. The van der Waals surface area contributed by atoms with Crippen molar-refractivity contribution in [2.75, 3.05) is 29.9 Å². The molecule has 1 N–H and O–H groups in total. The van der Waals surface area contributed by atoms with Gasteiger partial charge in [-0.1, -0.05) is 36.4 Å². The maximum atomic E-state index is 13.1. The van der Waals surface area contributed by atoms with Gasteiger partial charge in [-0.25, -0.2) is 4.98 Å². The van der Waals surface area contributed by atoms with Crippen LogP contribution in [0.25, 0.3) is 11.1 Å². The third-order valence-corrected chi connectivity index (χ3v) is 5.54. The van der Waals surface area contributed by atoms with Gasteiger partial charge in [0.2, 0.25) is 0 Å². The number of nitrogens with one attached hydrogen (secondary N) is 1. The number of ether oxygens (including phenoxy) is 2. The number of pyridine rings is 1. The Morgan fingerprint density at radius 1 is 1.15 bits per heavy atom. The molecular weight excluding hydrogens is 447 g/mol. The third-order valence-electron chi connectivity index (χ3n) is 5.54. The van der Waals surface area contributed by atoms with Crippen LogP contribution in [-0.2, 0) is 4.74 Å². The van der Waals surface area contributed by atoms with E-state index in [9.17, 15) is 18.0 Å². The summed E-state index contributed by atoms with van der Waals surface area (Å²) in [6.45, 7) is 5.57. The second kappa shape index (κ2) is 9.72. The number of amides is 1. The fraction of sp³-hybridized carbons (Fsp3) is 0.280. The highest BCUT2D eigenvalue weighted by molar-refractivity contribution is 6.08. The largest absolute Gasteiger partial charge is 0.573 e. The van der Waals surface area contributed by atoms with Crippen LogP contribution in [-0.4, -0.2) is 43.1 Å². The molecular formula is C25H24F3N3O3. The molecule has 1 aliphatic rings. The molecule has 0 aliphatic carbocycles. The Labute approximate surface area is 195 Å². The minimum atomic E-state index is -4.94. The molecule has 1 unspecified atom stereocenters. The lowest BCUT2D eigenvalue weighted by Crippen LogP contribution is -2.41. The maximum Gasteiger partial charge on any atom is 0.573 e. The molecule has 2 aromatic carbocycles. The summed E-state index contributed by atoms with van der Waals surface area (Å²) in [6.07, 6.45) is -3.37. The van der Waals surface area contributed by atoms with E-state index in [4.69, 9.17) is 4.74 Å². The van der Waals surface area contributed by atoms with Gasteiger partial charge in [-0.2, -0.15) is 0 Å². The van der Waals surface area contributed by atoms with Crippen molar-refractivity contribution in [2.45, 2.75) is 26.3 Å². The van der Waals surface area contributed by atoms with E-state index in [1.807, 2.05) is 37.3 Å². The van der Waals surface area contributed by atoms with Crippen LogP contribution >= 0.6 is 0 Å². The van der Waals surface area contributed by atoms with E-state index in [-0.39, 0.29) is 11.7 Å². The van der Waals surface area contributed by atoms with E-state index < -0.39 is 18.0 Å². The summed E-state index contributed by atoms with van der Waals surface area (Å²) in [6, 6.07) is 15.2. The van der Waals surface area contributed by atoms with E-state index in [1.54, 1.807) is 19.1 Å². The Morgan fingerprint density at radius 2 is 1.91 bits per heavy atom. The quantitative estimate of drug-likeness (QED) is 0.538. The number of aromatic nitrogens is 1. The van der Waals surface area contributed by atoms with Crippen LogP contribution in [0, 0.1) is 6.92 Å². The topological polar surface area (TPSA) is 63.7 Å². The molecule has 6 nitrogen and oxygen atoms in total. The zero-order valence-electron chi connectivity index (χ0n) is 18.7. The molecule has 178 valence electrons. The van der Waals surface area contributed by atoms with E-state index >= 15 is 0 Å². The molecule has 0 bridgehead atoms. The van der Waals surface area contributed by atoms with Crippen molar-refractivity contribution in [3.8, 4) is 16.9 Å². The van der Waals surface area contributed by atoms with Crippen LogP contribution in [0.5, 0.6) is 5.75 Å². The number of anilines is 2. The molecule has 1 atom stereocenters. The highest BCUT2D eigenvalue weighted by Gasteiger charge is 2.34. The molecule has 0 saturated carbocycles. The minimum absolute atomic E-state index is 0.0850. The Bertz CT molecular complexity index is 1150. The summed E-state index contributed by atoms with van der Waals surface area (Å²) in [7, 11) is 0. The molecule has 1 aromatic heterocycles. The summed E-state index contributed by atoms with van der Waals surface area (Å²) in [5.41, 5.74) is 1.95. The molecule has 3 aromatic rings. The number of carbonyl (C=O) groups excluding carboxylic acids is 1. The standard InChI is InChI=1S/C25H24F3N3O3/c1-16-15-31(12-13-33-16)22-11-8-19(14-29-22)30-24(32)23-17(2)20(18-6-4-3-5-7-18)9-10-21(23)34-25(26,27)28/h3-11,14,16H,12-13,15H2,1-2H3,(H,30,32). The Balaban J connectivity index is 1.62. The van der Waals surface area contributed by atoms with Crippen molar-refractivity contribution in [1.82, 2.24) is 4.98 Å². The first-order chi connectivity index (χ1) is 16.2. The highest BCUT2D eigenvalue weighted by atomic mass is 19.4. The van der Waals surface area contributed by atoms with Gasteiger partial charge in [0, 0.05) is 13.1 Å². The van der Waals surface area contributed by atoms with Gasteiger partial charge in [-0.15, -0.1) is 13.2 Å². The van der Waals surface area contributed by atoms with Gasteiger partial charge in [-0.3, -0.25) is 4.79 Å². The molecule has 0 spiro atoms. The zero-order valence-corrected chi connectivity index (χ0v) is 18.7. The number of rotatable bonds is 5. The molecule has 0 radical (unpaired) electrons. The van der Waals surface area contributed by atoms with Crippen molar-refractivity contribution in [3.05, 3.63) is 71.9 Å². The van der Waals surface area contributed by atoms with Gasteiger partial charge in [0.25, 0.3) is 5.91 Å². The number of carbonyl (C=O) groups is 1. The highest BCUT2D eigenvalue weighted by Crippen LogP contribution is 2.35. The van der Waals surface area contributed by atoms with Crippen LogP contribution in [0.15, 0.2) is 60.8 Å². The second-order valence-corrected chi connectivity index (χ2v) is 8.01. The summed E-state index contributed by atoms with van der Waals surface area (Å²) < 4.78 is 48.8. The smallest absolute Gasteiger partial charge is 0.405 e. The minimum Gasteiger partial charge on any atom is -0.405 e. The van der Waals surface area contributed by atoms with E-state index in [0.717, 1.165) is 11.4 Å². The molecule has 1 aliphatic heterocycles. The van der Waals surface area contributed by atoms with Gasteiger partial charge in [-0.05, 0) is 48.7 Å². The average molecular weight is 471 g/mol. The average Bonchev–Trinajstić information content (AvgIpc) is 2.79. The number of morpholine rings is 1. The summed E-state index contributed by atoms with van der Waals surface area (Å²) in [4.78, 5) is 19.6. The zero-order chi connectivity index (χ0) is 24.3. The molecule has 4 rings (SSSR count). The summed E-state index contributed by atoms with van der Waals surface area (Å²) in [5, 5.41) is 2.65. The Morgan fingerprint density at radius 3 is 2.56 bits per heavy atom. The molecule has 1 saturated heterocycles. The van der Waals surface area contributed by atoms with Crippen molar-refractivity contribution < 1.29 is 27.4 Å². The van der Waals surface area contributed by atoms with E-state index in [1.165, 1.54) is 18.3 Å². The lowest BCUT2D eigenvalue weighted by Gasteiger charge is -2.32. The fourth-order valence-electron chi connectivity index (χ4n) is 3.98. The molecule has 1 amide bonds. The van der Waals surface area contributed by atoms with Gasteiger partial charge in [0.15, 0.2) is 0 Å². The number of alkyl halides is 3. The lowest BCUT2D eigenvalue weighted by atomic mass is 9.95. The molecule has 9 heteroatoms. The predicted molar refractivity (Wildman–Crippen MR) is 123 cm³/mol.